The van der Waals surface area contributed by atoms with Gasteiger partial charge in [-0.25, -0.2) is 0 Å². The van der Waals surface area contributed by atoms with Crippen LogP contribution in [0.2, 0.25) is 0 Å². The number of amidine groups is 1. The zero-order valence-electron chi connectivity index (χ0n) is 7.52. The zero-order chi connectivity index (χ0) is 9.26. The predicted molar refractivity (Wildman–Crippen MR) is 51.9 cm³/mol. The molecule has 0 aromatic heterocycles. The maximum absolute atomic E-state index is 10.9. The molecule has 2 aliphatic rings. The van der Waals surface area contributed by atoms with Gasteiger partial charge in [0.1, 0.15) is 0 Å². The lowest BCUT2D eigenvalue weighted by atomic mass is 10.3. The summed E-state index contributed by atoms with van der Waals surface area (Å²) >= 11 is 1.53. The summed E-state index contributed by atoms with van der Waals surface area (Å²) < 4.78 is 5.24. The first-order chi connectivity index (χ1) is 6.29. The first-order valence-electron chi connectivity index (χ1n) is 4.31. The lowest BCUT2D eigenvalue weighted by molar-refractivity contribution is -0.115. The Bertz CT molecular complexity index is 255. The Morgan fingerprint density at radius 2 is 2.54 bits per heavy atom. The van der Waals surface area contributed by atoms with Crippen LogP contribution < -0.4 is 0 Å². The second kappa shape index (κ2) is 3.67. The van der Waals surface area contributed by atoms with Crippen molar-refractivity contribution in [3.63, 3.8) is 0 Å². The molecule has 0 aromatic rings. The van der Waals surface area contributed by atoms with Gasteiger partial charge in [-0.1, -0.05) is 11.8 Å². The number of hydrogen-bond acceptors (Lipinski definition) is 4. The monoisotopic (exact) mass is 200 g/mol. The summed E-state index contributed by atoms with van der Waals surface area (Å²) in [5, 5.41) is 0.879. The normalized spacial score (nSPS) is 28.4. The van der Waals surface area contributed by atoms with Crippen LogP contribution in [0.25, 0.3) is 0 Å². The lowest BCUT2D eigenvalue weighted by Gasteiger charge is -2.15. The minimum absolute atomic E-state index is 0.0131. The molecular formula is C8H12N2O2S. The Kier molecular flexibility index (Phi) is 2.55. The van der Waals surface area contributed by atoms with Crippen LogP contribution in [0.4, 0.5) is 0 Å². The molecule has 2 heterocycles. The van der Waals surface area contributed by atoms with Crippen molar-refractivity contribution >= 4 is 22.8 Å². The van der Waals surface area contributed by atoms with E-state index < -0.39 is 0 Å². The molecule has 1 atom stereocenters. The van der Waals surface area contributed by atoms with E-state index in [1.54, 1.807) is 7.11 Å². The Labute approximate surface area is 81.3 Å². The van der Waals surface area contributed by atoms with E-state index in [1.165, 1.54) is 11.8 Å². The minimum Gasteiger partial charge on any atom is -0.380 e. The number of methoxy groups -OCH3 is 1. The van der Waals surface area contributed by atoms with Crippen molar-refractivity contribution in [2.24, 2.45) is 4.99 Å². The largest absolute Gasteiger partial charge is 0.380 e. The maximum Gasteiger partial charge on any atom is 0.258 e. The highest BCUT2D eigenvalue weighted by molar-refractivity contribution is 8.14. The Hall–Kier alpha value is -0.550. The number of rotatable bonds is 1. The van der Waals surface area contributed by atoms with Crippen LogP contribution in [0.15, 0.2) is 4.99 Å². The fraction of sp³-hybridized carbons (Fsp3) is 0.750. The highest BCUT2D eigenvalue weighted by Crippen LogP contribution is 2.21. The molecule has 0 radical (unpaired) electrons. The van der Waals surface area contributed by atoms with Crippen molar-refractivity contribution in [2.45, 2.75) is 12.5 Å². The van der Waals surface area contributed by atoms with E-state index in [1.807, 2.05) is 0 Å². The van der Waals surface area contributed by atoms with E-state index >= 15 is 0 Å². The number of hydrogen-bond donors (Lipinski definition) is 0. The quantitative estimate of drug-likeness (QED) is 0.612. The van der Waals surface area contributed by atoms with Crippen molar-refractivity contribution in [3.05, 3.63) is 0 Å². The van der Waals surface area contributed by atoms with Crippen LogP contribution in [-0.2, 0) is 9.53 Å². The van der Waals surface area contributed by atoms with Crippen LogP contribution in [0.5, 0.6) is 0 Å². The Balaban J connectivity index is 1.96. The highest BCUT2D eigenvalue weighted by atomic mass is 32.2. The highest BCUT2D eigenvalue weighted by Gasteiger charge is 2.28. The maximum atomic E-state index is 10.9. The molecule has 4 nitrogen and oxygen atoms in total. The summed E-state index contributed by atoms with van der Waals surface area (Å²) in [6.07, 6.45) is 1.34. The fourth-order valence-corrected chi connectivity index (χ4v) is 2.39. The molecule has 0 N–H and O–H groups in total. The molecule has 2 aliphatic heterocycles. The molecule has 2 rings (SSSR count). The number of nitrogens with zero attached hydrogens (tertiary/aromatic N) is 2. The summed E-state index contributed by atoms with van der Waals surface area (Å²) in [6.45, 7) is 1.83. The predicted octanol–water partition coefficient (Wildman–Crippen LogP) is 0.337. The summed E-state index contributed by atoms with van der Waals surface area (Å²) in [4.78, 5) is 17.0. The van der Waals surface area contributed by atoms with E-state index in [-0.39, 0.29) is 5.91 Å². The molecule has 0 aromatic carbocycles. The molecule has 1 saturated heterocycles. The minimum atomic E-state index is -0.0131. The van der Waals surface area contributed by atoms with Crippen molar-refractivity contribution in [1.29, 1.82) is 0 Å². The second-order valence-electron chi connectivity index (χ2n) is 3.17. The topological polar surface area (TPSA) is 41.9 Å². The van der Waals surface area contributed by atoms with Crippen molar-refractivity contribution in [3.8, 4) is 0 Å². The number of ether oxygens (including phenoxy) is 1. The van der Waals surface area contributed by atoms with E-state index in [9.17, 15) is 4.79 Å². The molecule has 1 fully saturated rings. The average Bonchev–Trinajstić information content (AvgIpc) is 2.71. The van der Waals surface area contributed by atoms with Gasteiger partial charge >= 0.3 is 0 Å². The van der Waals surface area contributed by atoms with Crippen molar-refractivity contribution in [2.75, 3.05) is 26.0 Å². The molecule has 13 heavy (non-hydrogen) atoms. The SMILES string of the molecule is COC1CCN(C2=NC(=O)CS2)C1. The van der Waals surface area contributed by atoms with E-state index in [0.717, 1.165) is 24.7 Å². The fourth-order valence-electron chi connectivity index (χ4n) is 1.55. The van der Waals surface area contributed by atoms with Gasteiger partial charge in [0, 0.05) is 20.2 Å². The van der Waals surface area contributed by atoms with E-state index in [4.69, 9.17) is 4.74 Å². The first-order valence-corrected chi connectivity index (χ1v) is 5.30. The first kappa shape index (κ1) is 9.02. The number of aliphatic imine (C=N–C) groups is 1. The second-order valence-corrected chi connectivity index (χ2v) is 4.11. The van der Waals surface area contributed by atoms with E-state index in [0.29, 0.717) is 11.9 Å². The molecule has 0 saturated carbocycles. The molecular weight excluding hydrogens is 188 g/mol. The number of thioether (sulfide) groups is 1. The van der Waals surface area contributed by atoms with Gasteiger partial charge in [-0.3, -0.25) is 4.79 Å². The summed E-state index contributed by atoms with van der Waals surface area (Å²) in [5.74, 6) is 0.490. The number of carbonyl (C=O) groups excluding carboxylic acids is 1. The van der Waals surface area contributed by atoms with E-state index in [2.05, 4.69) is 9.89 Å². The average molecular weight is 200 g/mol. The zero-order valence-corrected chi connectivity index (χ0v) is 8.34. The van der Waals surface area contributed by atoms with Gasteiger partial charge in [-0.2, -0.15) is 4.99 Å². The summed E-state index contributed by atoms with van der Waals surface area (Å²) in [5.41, 5.74) is 0. The van der Waals surface area contributed by atoms with Crippen LogP contribution in [0.1, 0.15) is 6.42 Å². The van der Waals surface area contributed by atoms with Crippen LogP contribution in [0, 0.1) is 0 Å². The van der Waals surface area contributed by atoms with Crippen LogP contribution in [0.3, 0.4) is 0 Å². The van der Waals surface area contributed by atoms with Gasteiger partial charge in [0.25, 0.3) is 5.91 Å². The van der Waals surface area contributed by atoms with Gasteiger partial charge in [-0.15, -0.1) is 0 Å². The lowest BCUT2D eigenvalue weighted by Crippen LogP contribution is -2.26. The van der Waals surface area contributed by atoms with Gasteiger partial charge < -0.3 is 9.64 Å². The van der Waals surface area contributed by atoms with Crippen molar-refractivity contribution < 1.29 is 9.53 Å². The molecule has 5 heteroatoms. The number of amides is 1. The Morgan fingerprint density at radius 1 is 1.69 bits per heavy atom. The molecule has 0 aliphatic carbocycles. The standard InChI is InChI=1S/C8H12N2O2S/c1-12-6-2-3-10(4-6)8-9-7(11)5-13-8/h6H,2-5H2,1H3. The van der Waals surface area contributed by atoms with Gasteiger partial charge in [0.2, 0.25) is 0 Å². The van der Waals surface area contributed by atoms with Gasteiger partial charge in [0.15, 0.2) is 5.17 Å². The molecule has 1 unspecified atom stereocenters. The molecule has 0 bridgehead atoms. The van der Waals surface area contributed by atoms with Crippen molar-refractivity contribution in [1.82, 2.24) is 4.90 Å². The molecule has 0 spiro atoms. The summed E-state index contributed by atoms with van der Waals surface area (Å²) in [7, 11) is 1.73. The Morgan fingerprint density at radius 3 is 3.08 bits per heavy atom. The molecule has 1 amide bonds. The third-order valence-electron chi connectivity index (χ3n) is 2.29. The number of likely N-dealkylation sites (tertiary alicyclic amines) is 1. The molecule has 72 valence electrons. The van der Waals surface area contributed by atoms with Gasteiger partial charge in [-0.05, 0) is 6.42 Å². The van der Waals surface area contributed by atoms with Gasteiger partial charge in [0.05, 0.1) is 11.9 Å². The third kappa shape index (κ3) is 1.86. The van der Waals surface area contributed by atoms with Crippen LogP contribution >= 0.6 is 11.8 Å². The summed E-state index contributed by atoms with van der Waals surface area (Å²) in [6, 6.07) is 0. The smallest absolute Gasteiger partial charge is 0.258 e. The number of carbonyl (C=O) groups is 1. The van der Waals surface area contributed by atoms with Crippen LogP contribution in [-0.4, -0.2) is 48.0 Å². The third-order valence-corrected chi connectivity index (χ3v) is 3.29.